The van der Waals surface area contributed by atoms with Gasteiger partial charge in [-0.1, -0.05) is 71.8 Å². The summed E-state index contributed by atoms with van der Waals surface area (Å²) < 4.78 is 8.06. The lowest BCUT2D eigenvalue weighted by molar-refractivity contribution is 0.0994. The number of hydrogen-bond donors (Lipinski definition) is 1. The van der Waals surface area contributed by atoms with E-state index in [9.17, 15) is 9.59 Å². The number of nitrogens with one attached hydrogen (secondary N) is 1. The Hall–Kier alpha value is -4.42. The van der Waals surface area contributed by atoms with Crippen LogP contribution < -0.4 is 5.32 Å². The molecule has 0 fully saturated rings. The van der Waals surface area contributed by atoms with Crippen LogP contribution in [0, 0.1) is 13.8 Å². The second-order valence-electron chi connectivity index (χ2n) is 9.88. The number of carbonyl (C=O) groups excluding carboxylic acids is 2. The molecule has 1 amide bonds. The molecule has 194 valence electrons. The normalized spacial score (nSPS) is 12.1. The summed E-state index contributed by atoms with van der Waals surface area (Å²) in [6, 6.07) is 22.2. The predicted molar refractivity (Wildman–Crippen MR) is 152 cm³/mol. The number of carbonyl (C=O) groups is 2. The third-order valence-corrected chi connectivity index (χ3v) is 7.33. The second kappa shape index (κ2) is 10.0. The maximum Gasteiger partial charge on any atom is 0.291 e. The molecule has 1 aliphatic rings. The molecule has 6 rings (SSSR count). The zero-order valence-corrected chi connectivity index (χ0v) is 22.4. The van der Waals surface area contributed by atoms with Gasteiger partial charge in [-0.15, -0.1) is 0 Å². The summed E-state index contributed by atoms with van der Waals surface area (Å²) in [5.74, 6) is 0.316. The van der Waals surface area contributed by atoms with E-state index < -0.39 is 5.91 Å². The van der Waals surface area contributed by atoms with Gasteiger partial charge < -0.3 is 9.73 Å². The molecule has 0 saturated carbocycles. The molecule has 3 aromatic carbocycles. The van der Waals surface area contributed by atoms with Crippen LogP contribution in [0.2, 0.25) is 5.02 Å². The molecule has 0 aliphatic heterocycles. The molecule has 0 spiro atoms. The topological polar surface area (TPSA) is 77.1 Å². The first-order valence-electron chi connectivity index (χ1n) is 12.8. The van der Waals surface area contributed by atoms with Crippen molar-refractivity contribution in [1.29, 1.82) is 0 Å². The molecule has 0 saturated heterocycles. The highest BCUT2D eigenvalue weighted by Gasteiger charge is 2.30. The number of nitrogens with zero attached hydrogens (tertiary/aromatic N) is 2. The summed E-state index contributed by atoms with van der Waals surface area (Å²) in [5, 5.41) is 8.16. The highest BCUT2D eigenvalue weighted by atomic mass is 35.5. The monoisotopic (exact) mass is 535 g/mol. The highest BCUT2D eigenvalue weighted by Crippen LogP contribution is 2.39. The quantitative estimate of drug-likeness (QED) is 0.236. The Morgan fingerprint density at radius 1 is 1.00 bits per heavy atom. The molecule has 0 bridgehead atoms. The third kappa shape index (κ3) is 4.79. The van der Waals surface area contributed by atoms with Crippen LogP contribution in [0.15, 0.2) is 83.4 Å². The third-order valence-electron chi connectivity index (χ3n) is 7.10. The van der Waals surface area contributed by atoms with Gasteiger partial charge in [0.2, 0.25) is 0 Å². The summed E-state index contributed by atoms with van der Waals surface area (Å²) in [7, 11) is 0. The SMILES string of the molecule is Cc1ccc(Cn2cc3c(n2)-c2c(oc(C(=O)Nc4ccc(Cl)cc4C(=O)c4ccccc4)c2C)CC3)cc1. The molecule has 6 nitrogen and oxygen atoms in total. The Bertz CT molecular complexity index is 1720. The van der Waals surface area contributed by atoms with Crippen LogP contribution in [-0.2, 0) is 19.4 Å². The first-order chi connectivity index (χ1) is 18.9. The Balaban J connectivity index is 1.29. The van der Waals surface area contributed by atoms with E-state index in [-0.39, 0.29) is 11.5 Å². The first-order valence-corrected chi connectivity index (χ1v) is 13.2. The van der Waals surface area contributed by atoms with Crippen LogP contribution in [0.5, 0.6) is 0 Å². The first kappa shape index (κ1) is 24.9. The van der Waals surface area contributed by atoms with Crippen LogP contribution in [0.1, 0.15) is 54.5 Å². The minimum atomic E-state index is -0.424. The lowest BCUT2D eigenvalue weighted by Gasteiger charge is -2.11. The van der Waals surface area contributed by atoms with Crippen molar-refractivity contribution in [2.24, 2.45) is 0 Å². The number of halogens is 1. The van der Waals surface area contributed by atoms with Gasteiger partial charge in [0, 0.05) is 39.9 Å². The van der Waals surface area contributed by atoms with Crippen LogP contribution >= 0.6 is 11.6 Å². The smallest absolute Gasteiger partial charge is 0.291 e. The summed E-state index contributed by atoms with van der Waals surface area (Å²) in [6.45, 7) is 4.62. The van der Waals surface area contributed by atoms with Crippen molar-refractivity contribution in [2.75, 3.05) is 5.32 Å². The van der Waals surface area contributed by atoms with Crippen LogP contribution in [-0.4, -0.2) is 21.5 Å². The van der Waals surface area contributed by atoms with Gasteiger partial charge >= 0.3 is 0 Å². The fourth-order valence-corrected chi connectivity index (χ4v) is 5.25. The molecular formula is C32H26ClN3O3. The van der Waals surface area contributed by atoms with Crippen molar-refractivity contribution < 1.29 is 14.0 Å². The van der Waals surface area contributed by atoms with Crippen molar-refractivity contribution in [3.63, 3.8) is 0 Å². The zero-order valence-electron chi connectivity index (χ0n) is 21.6. The Kier molecular flexibility index (Phi) is 6.41. The van der Waals surface area contributed by atoms with Crippen LogP contribution in [0.3, 0.4) is 0 Å². The number of ketones is 1. The Morgan fingerprint density at radius 2 is 1.77 bits per heavy atom. The summed E-state index contributed by atoms with van der Waals surface area (Å²) in [4.78, 5) is 26.7. The minimum absolute atomic E-state index is 0.217. The molecule has 39 heavy (non-hydrogen) atoms. The van der Waals surface area contributed by atoms with Gasteiger partial charge in [0.1, 0.15) is 5.76 Å². The van der Waals surface area contributed by atoms with Gasteiger partial charge in [-0.25, -0.2) is 0 Å². The van der Waals surface area contributed by atoms with Gasteiger partial charge in [-0.2, -0.15) is 5.10 Å². The number of aromatic nitrogens is 2. The van der Waals surface area contributed by atoms with E-state index in [4.69, 9.17) is 21.1 Å². The van der Waals surface area contributed by atoms with Gasteiger partial charge in [-0.05, 0) is 49.6 Å². The van der Waals surface area contributed by atoms with Crippen molar-refractivity contribution in [3.05, 3.63) is 129 Å². The van der Waals surface area contributed by atoms with E-state index in [0.29, 0.717) is 34.8 Å². The Morgan fingerprint density at radius 3 is 2.54 bits per heavy atom. The largest absolute Gasteiger partial charge is 0.455 e. The zero-order chi connectivity index (χ0) is 27.1. The number of benzene rings is 3. The highest BCUT2D eigenvalue weighted by molar-refractivity contribution is 6.31. The summed E-state index contributed by atoms with van der Waals surface area (Å²) in [6.07, 6.45) is 3.56. The predicted octanol–water partition coefficient (Wildman–Crippen LogP) is 7.04. The van der Waals surface area contributed by atoms with E-state index in [1.54, 1.807) is 42.5 Å². The van der Waals surface area contributed by atoms with E-state index in [0.717, 1.165) is 34.6 Å². The second-order valence-corrected chi connectivity index (χ2v) is 10.3. The van der Waals surface area contributed by atoms with Crippen LogP contribution in [0.4, 0.5) is 5.69 Å². The van der Waals surface area contributed by atoms with Gasteiger partial charge in [-0.3, -0.25) is 14.3 Å². The van der Waals surface area contributed by atoms with Gasteiger partial charge in [0.25, 0.3) is 5.91 Å². The lowest BCUT2D eigenvalue weighted by Crippen LogP contribution is -2.15. The number of fused-ring (bicyclic) bond motifs is 3. The molecule has 1 N–H and O–H groups in total. The summed E-state index contributed by atoms with van der Waals surface area (Å²) >= 11 is 6.21. The van der Waals surface area contributed by atoms with Crippen LogP contribution in [0.25, 0.3) is 11.3 Å². The van der Waals surface area contributed by atoms with E-state index >= 15 is 0 Å². The molecule has 0 atom stereocenters. The molecule has 2 aromatic heterocycles. The maximum absolute atomic E-state index is 13.5. The number of furan rings is 1. The summed E-state index contributed by atoms with van der Waals surface area (Å²) in [5.41, 5.74) is 7.19. The average Bonchev–Trinajstić information content (AvgIpc) is 3.51. The molecule has 0 unspecified atom stereocenters. The number of hydrogen-bond acceptors (Lipinski definition) is 4. The van der Waals surface area contributed by atoms with E-state index in [2.05, 4.69) is 42.7 Å². The van der Waals surface area contributed by atoms with Crippen molar-refractivity contribution in [3.8, 4) is 11.3 Å². The fourth-order valence-electron chi connectivity index (χ4n) is 5.08. The minimum Gasteiger partial charge on any atom is -0.455 e. The van der Waals surface area contributed by atoms with Gasteiger partial charge in [0.05, 0.1) is 17.9 Å². The molecule has 0 radical (unpaired) electrons. The van der Waals surface area contributed by atoms with Gasteiger partial charge in [0.15, 0.2) is 11.5 Å². The van der Waals surface area contributed by atoms with Crippen molar-refractivity contribution >= 4 is 29.0 Å². The van der Waals surface area contributed by atoms with Crippen molar-refractivity contribution in [1.82, 2.24) is 9.78 Å². The Labute approximate surface area is 231 Å². The molecular weight excluding hydrogens is 510 g/mol. The number of aryl methyl sites for hydroxylation is 3. The van der Waals surface area contributed by atoms with E-state index in [1.165, 1.54) is 11.1 Å². The molecule has 2 heterocycles. The average molecular weight is 536 g/mol. The fraction of sp³-hybridized carbons (Fsp3) is 0.156. The van der Waals surface area contributed by atoms with E-state index in [1.807, 2.05) is 17.7 Å². The maximum atomic E-state index is 13.5. The molecule has 5 aromatic rings. The van der Waals surface area contributed by atoms with Crippen molar-refractivity contribution in [2.45, 2.75) is 33.2 Å². The lowest BCUT2D eigenvalue weighted by atomic mass is 9.93. The molecule has 7 heteroatoms. The number of rotatable bonds is 6. The number of amides is 1. The number of anilines is 1. The standard InChI is InChI=1S/C32H26ClN3O3/c1-19-8-10-21(11-9-19)17-36-18-23-12-15-27-28(29(23)35-36)20(2)31(39-27)32(38)34-26-14-13-24(33)16-25(26)30(37)22-6-4-3-5-7-22/h3-11,13-14,16,18H,12,15,17H2,1-2H3,(H,34,38). The molecule has 1 aliphatic carbocycles.